The summed E-state index contributed by atoms with van der Waals surface area (Å²) in [6.45, 7) is 2.11. The van der Waals surface area contributed by atoms with Crippen LogP contribution in [0.25, 0.3) is 0 Å². The van der Waals surface area contributed by atoms with Crippen LogP contribution in [0, 0.1) is 17.8 Å². The number of halogens is 3. The van der Waals surface area contributed by atoms with E-state index in [1.54, 1.807) is 0 Å². The number of alkyl halides is 3. The molecule has 1 fully saturated rings. The molecule has 0 amide bonds. The molecular weight excluding hydrogens is 259 g/mol. The monoisotopic (exact) mass is 281 g/mol. The molecule has 0 bridgehead atoms. The van der Waals surface area contributed by atoms with Crippen LogP contribution in [0.5, 0.6) is 0 Å². The zero-order valence-electron chi connectivity index (χ0n) is 11.2. The Balaban J connectivity index is 2.23. The van der Waals surface area contributed by atoms with E-state index in [0.29, 0.717) is 18.4 Å². The van der Waals surface area contributed by atoms with Gasteiger partial charge >= 0.3 is 12.1 Å². The van der Waals surface area contributed by atoms with Crippen molar-refractivity contribution in [2.45, 2.75) is 45.2 Å². The van der Waals surface area contributed by atoms with Gasteiger partial charge in [-0.05, 0) is 31.2 Å². The number of hydrogen-bond acceptors (Lipinski definition) is 2. The van der Waals surface area contributed by atoms with Crippen molar-refractivity contribution in [3.05, 3.63) is 0 Å². The van der Waals surface area contributed by atoms with Gasteiger partial charge in [0.05, 0.1) is 0 Å². The second-order valence-corrected chi connectivity index (χ2v) is 5.56. The molecule has 0 saturated heterocycles. The number of carboxylic acids is 1. The maximum Gasteiger partial charge on any atom is 0.403 e. The van der Waals surface area contributed by atoms with Gasteiger partial charge in [-0.2, -0.15) is 13.2 Å². The summed E-state index contributed by atoms with van der Waals surface area (Å²) in [6.07, 6.45) is 0.828. The highest BCUT2D eigenvalue weighted by molar-refractivity contribution is 5.71. The molecule has 1 saturated carbocycles. The molecule has 3 unspecified atom stereocenters. The highest BCUT2D eigenvalue weighted by Gasteiger charge is 2.44. The molecule has 1 aliphatic carbocycles. The molecule has 2 N–H and O–H groups in total. The highest BCUT2D eigenvalue weighted by Crippen LogP contribution is 2.30. The van der Waals surface area contributed by atoms with Gasteiger partial charge in [0, 0.05) is 6.54 Å². The first-order valence-corrected chi connectivity index (χ1v) is 6.81. The van der Waals surface area contributed by atoms with Gasteiger partial charge < -0.3 is 10.4 Å². The second-order valence-electron chi connectivity index (χ2n) is 5.56. The van der Waals surface area contributed by atoms with Crippen LogP contribution in [0.15, 0.2) is 0 Å². The molecule has 1 aliphatic rings. The first kappa shape index (κ1) is 16.3. The van der Waals surface area contributed by atoms with Gasteiger partial charge in [0.25, 0.3) is 0 Å². The summed E-state index contributed by atoms with van der Waals surface area (Å²) in [5.41, 5.74) is 0. The number of rotatable bonds is 6. The third-order valence-corrected chi connectivity index (χ3v) is 3.82. The van der Waals surface area contributed by atoms with Crippen LogP contribution in [0.1, 0.15) is 39.0 Å². The number of hydrogen-bond donors (Lipinski definition) is 2. The molecule has 1 rings (SSSR count). The lowest BCUT2D eigenvalue weighted by Crippen LogP contribution is -2.39. The molecule has 0 radical (unpaired) electrons. The van der Waals surface area contributed by atoms with Crippen LogP contribution in [-0.4, -0.2) is 30.3 Å². The normalized spacial score (nSPS) is 26.1. The molecule has 0 spiro atoms. The maximum absolute atomic E-state index is 12.4. The summed E-state index contributed by atoms with van der Waals surface area (Å²) in [5, 5.41) is 11.2. The molecule has 0 aliphatic heterocycles. The average Bonchev–Trinajstić information content (AvgIpc) is 2.26. The zero-order chi connectivity index (χ0) is 14.5. The standard InChI is InChI=1S/C13H22F3NO2/c1-9-3-2-4-10(7-9)5-6-17-8-11(12(18)19)13(14,15)16/h9-11,17H,2-8H2,1H3,(H,18,19). The molecule has 19 heavy (non-hydrogen) atoms. The zero-order valence-corrected chi connectivity index (χ0v) is 11.2. The van der Waals surface area contributed by atoms with E-state index in [1.807, 2.05) is 0 Å². The molecule has 112 valence electrons. The topological polar surface area (TPSA) is 49.3 Å². The highest BCUT2D eigenvalue weighted by atomic mass is 19.4. The van der Waals surface area contributed by atoms with Crippen LogP contribution in [0.4, 0.5) is 13.2 Å². The Kier molecular flexibility index (Phi) is 6.10. The number of aliphatic carboxylic acids is 1. The third kappa shape index (κ3) is 5.80. The van der Waals surface area contributed by atoms with Crippen LogP contribution < -0.4 is 5.32 Å². The summed E-state index contributed by atoms with van der Waals surface area (Å²) in [7, 11) is 0. The van der Waals surface area contributed by atoms with E-state index in [1.165, 1.54) is 12.8 Å². The SMILES string of the molecule is CC1CCCC(CCNCC(C(=O)O)C(F)(F)F)C1. The minimum Gasteiger partial charge on any atom is -0.481 e. The van der Waals surface area contributed by atoms with E-state index >= 15 is 0 Å². The van der Waals surface area contributed by atoms with Gasteiger partial charge in [-0.1, -0.05) is 26.2 Å². The van der Waals surface area contributed by atoms with Crippen LogP contribution in [0.2, 0.25) is 0 Å². The smallest absolute Gasteiger partial charge is 0.403 e. The molecular formula is C13H22F3NO2. The second kappa shape index (κ2) is 7.12. The minimum atomic E-state index is -4.68. The Bertz CT molecular complexity index is 294. The average molecular weight is 281 g/mol. The molecule has 0 aromatic rings. The third-order valence-electron chi connectivity index (χ3n) is 3.82. The fraction of sp³-hybridized carbons (Fsp3) is 0.923. The van der Waals surface area contributed by atoms with E-state index in [4.69, 9.17) is 5.11 Å². The van der Waals surface area contributed by atoms with Gasteiger partial charge in [0.15, 0.2) is 5.92 Å². The minimum absolute atomic E-state index is 0.456. The Labute approximate surface area is 111 Å². The number of carbonyl (C=O) groups is 1. The summed E-state index contributed by atoms with van der Waals surface area (Å²) < 4.78 is 37.1. The summed E-state index contributed by atoms with van der Waals surface area (Å²) >= 11 is 0. The molecule has 6 heteroatoms. The molecule has 0 aromatic carbocycles. The summed E-state index contributed by atoms with van der Waals surface area (Å²) in [4.78, 5) is 10.5. The largest absolute Gasteiger partial charge is 0.481 e. The predicted octanol–water partition coefficient (Wildman–Crippen LogP) is 3.06. The van der Waals surface area contributed by atoms with Crippen LogP contribution >= 0.6 is 0 Å². The first-order chi connectivity index (χ1) is 8.80. The van der Waals surface area contributed by atoms with Crippen molar-refractivity contribution in [3.8, 4) is 0 Å². The van der Waals surface area contributed by atoms with E-state index in [9.17, 15) is 18.0 Å². The fourth-order valence-corrected chi connectivity index (χ4v) is 2.72. The van der Waals surface area contributed by atoms with Gasteiger partial charge in [-0.25, -0.2) is 0 Å². The van der Waals surface area contributed by atoms with Crippen LogP contribution in [0.3, 0.4) is 0 Å². The lowest BCUT2D eigenvalue weighted by atomic mass is 9.81. The van der Waals surface area contributed by atoms with E-state index in [-0.39, 0.29) is 0 Å². The molecule has 0 heterocycles. The number of carboxylic acid groups (broad SMARTS) is 1. The van der Waals surface area contributed by atoms with Crippen molar-refractivity contribution in [3.63, 3.8) is 0 Å². The molecule has 3 atom stereocenters. The van der Waals surface area contributed by atoms with E-state index in [0.717, 1.165) is 19.3 Å². The Morgan fingerprint density at radius 1 is 1.42 bits per heavy atom. The lowest BCUT2D eigenvalue weighted by molar-refractivity contribution is -0.192. The van der Waals surface area contributed by atoms with E-state index in [2.05, 4.69) is 12.2 Å². The van der Waals surface area contributed by atoms with Crippen molar-refractivity contribution in [2.24, 2.45) is 17.8 Å². The fourth-order valence-electron chi connectivity index (χ4n) is 2.72. The van der Waals surface area contributed by atoms with Gasteiger partial charge in [0.1, 0.15) is 0 Å². The van der Waals surface area contributed by atoms with Gasteiger partial charge in [0.2, 0.25) is 0 Å². The Hall–Kier alpha value is -0.780. The predicted molar refractivity (Wildman–Crippen MR) is 65.8 cm³/mol. The number of nitrogens with one attached hydrogen (secondary N) is 1. The van der Waals surface area contributed by atoms with Crippen molar-refractivity contribution >= 4 is 5.97 Å². The van der Waals surface area contributed by atoms with Crippen LogP contribution in [-0.2, 0) is 4.79 Å². The van der Waals surface area contributed by atoms with E-state index < -0.39 is 24.6 Å². The van der Waals surface area contributed by atoms with Crippen molar-refractivity contribution < 1.29 is 23.1 Å². The van der Waals surface area contributed by atoms with Crippen molar-refractivity contribution in [1.29, 1.82) is 0 Å². The summed E-state index contributed by atoms with van der Waals surface area (Å²) in [6, 6.07) is 0. The Morgan fingerprint density at radius 3 is 2.63 bits per heavy atom. The maximum atomic E-state index is 12.4. The lowest BCUT2D eigenvalue weighted by Gasteiger charge is -2.27. The van der Waals surface area contributed by atoms with Gasteiger partial charge in [-0.3, -0.25) is 4.79 Å². The van der Waals surface area contributed by atoms with Crippen molar-refractivity contribution in [2.75, 3.05) is 13.1 Å². The quantitative estimate of drug-likeness (QED) is 0.736. The summed E-state index contributed by atoms with van der Waals surface area (Å²) in [5.74, 6) is -2.87. The molecule has 3 nitrogen and oxygen atoms in total. The Morgan fingerprint density at radius 2 is 2.11 bits per heavy atom. The van der Waals surface area contributed by atoms with Gasteiger partial charge in [-0.15, -0.1) is 0 Å². The molecule has 0 aromatic heterocycles. The van der Waals surface area contributed by atoms with Crippen molar-refractivity contribution in [1.82, 2.24) is 5.32 Å². The first-order valence-electron chi connectivity index (χ1n) is 6.81.